The van der Waals surface area contributed by atoms with E-state index in [1.54, 1.807) is 38.5 Å². The number of carbonyl (C=O) groups is 1. The first-order valence-corrected chi connectivity index (χ1v) is 10.9. The molecule has 0 atom stereocenters. The molecule has 2 aromatic carbocycles. The number of ether oxygens (including phenoxy) is 4. The number of halogens is 1. The third-order valence-corrected chi connectivity index (χ3v) is 6.16. The Bertz CT molecular complexity index is 1210. The molecule has 7 nitrogen and oxygen atoms in total. The average molecular weight is 455 g/mol. The second kappa shape index (κ2) is 8.58. The summed E-state index contributed by atoms with van der Waals surface area (Å²) >= 11 is 6.20. The maximum atomic E-state index is 13.4. The Balaban J connectivity index is 1.61. The van der Waals surface area contributed by atoms with E-state index in [-0.39, 0.29) is 5.78 Å². The lowest BCUT2D eigenvalue weighted by Crippen LogP contribution is -2.38. The van der Waals surface area contributed by atoms with Crippen LogP contribution in [0, 0.1) is 0 Å². The molecule has 5 rings (SSSR count). The van der Waals surface area contributed by atoms with Gasteiger partial charge in [0.05, 0.1) is 38.5 Å². The summed E-state index contributed by atoms with van der Waals surface area (Å²) < 4.78 is 22.5. The molecule has 1 aliphatic carbocycles. The smallest absolute Gasteiger partial charge is 0.222 e. The fraction of sp³-hybridized carbons (Fsp3) is 0.333. The number of ketones is 1. The van der Waals surface area contributed by atoms with Crippen LogP contribution in [0.1, 0.15) is 15.9 Å². The zero-order valence-corrected chi connectivity index (χ0v) is 18.7. The molecule has 0 radical (unpaired) electrons. The van der Waals surface area contributed by atoms with Crippen LogP contribution in [0.15, 0.2) is 30.3 Å². The van der Waals surface area contributed by atoms with Crippen LogP contribution in [0.3, 0.4) is 0 Å². The summed E-state index contributed by atoms with van der Waals surface area (Å²) in [6, 6.07) is 8.89. The van der Waals surface area contributed by atoms with Gasteiger partial charge in [-0.15, -0.1) is 0 Å². The van der Waals surface area contributed by atoms with E-state index in [1.165, 1.54) is 0 Å². The molecule has 0 amide bonds. The minimum Gasteiger partial charge on any atom is -0.493 e. The summed E-state index contributed by atoms with van der Waals surface area (Å²) in [5, 5.41) is 1.20. The molecule has 0 N–H and O–H groups in total. The number of hydrogen-bond acceptors (Lipinski definition) is 7. The van der Waals surface area contributed by atoms with E-state index in [0.717, 1.165) is 38.4 Å². The molecule has 1 aliphatic heterocycles. The van der Waals surface area contributed by atoms with E-state index in [1.807, 2.05) is 6.07 Å². The van der Waals surface area contributed by atoms with E-state index >= 15 is 0 Å². The van der Waals surface area contributed by atoms with E-state index in [2.05, 4.69) is 4.90 Å². The third-order valence-electron chi connectivity index (χ3n) is 5.93. The van der Waals surface area contributed by atoms with Gasteiger partial charge in [-0.2, -0.15) is 0 Å². The molecule has 0 bridgehead atoms. The molecule has 0 saturated carbocycles. The highest BCUT2D eigenvalue weighted by atomic mass is 35.5. The Morgan fingerprint density at radius 3 is 2.53 bits per heavy atom. The van der Waals surface area contributed by atoms with Gasteiger partial charge in [0.25, 0.3) is 0 Å². The van der Waals surface area contributed by atoms with Gasteiger partial charge in [-0.3, -0.25) is 9.69 Å². The summed E-state index contributed by atoms with van der Waals surface area (Å²) in [5.74, 6) is 1.40. The van der Waals surface area contributed by atoms with Crippen LogP contribution in [-0.2, 0) is 4.74 Å². The van der Waals surface area contributed by atoms with Gasteiger partial charge >= 0.3 is 0 Å². The first-order chi connectivity index (χ1) is 15.6. The summed E-state index contributed by atoms with van der Waals surface area (Å²) in [4.78, 5) is 20.5. The van der Waals surface area contributed by atoms with Crippen LogP contribution in [0.25, 0.3) is 22.0 Å². The van der Waals surface area contributed by atoms with Crippen LogP contribution >= 0.6 is 11.6 Å². The Labute approximate surface area is 190 Å². The van der Waals surface area contributed by atoms with Gasteiger partial charge in [0, 0.05) is 47.2 Å². The number of nitrogens with zero attached hydrogens (tertiary/aromatic N) is 2. The zero-order chi connectivity index (χ0) is 22.2. The second-order valence-electron chi connectivity index (χ2n) is 7.71. The van der Waals surface area contributed by atoms with Crippen molar-refractivity contribution < 1.29 is 23.7 Å². The van der Waals surface area contributed by atoms with E-state index in [9.17, 15) is 4.79 Å². The van der Waals surface area contributed by atoms with E-state index in [4.69, 9.17) is 35.5 Å². The topological polar surface area (TPSA) is 70.1 Å². The van der Waals surface area contributed by atoms with Crippen molar-refractivity contribution in [3.05, 3.63) is 46.5 Å². The van der Waals surface area contributed by atoms with Gasteiger partial charge in [0.2, 0.25) is 5.88 Å². The molecular weight excluding hydrogens is 432 g/mol. The normalized spacial score (nSPS) is 15.5. The summed E-state index contributed by atoms with van der Waals surface area (Å²) in [6.07, 6.45) is 0. The van der Waals surface area contributed by atoms with Crippen LogP contribution in [-0.4, -0.2) is 69.3 Å². The Morgan fingerprint density at radius 2 is 1.78 bits per heavy atom. The predicted octanol–water partition coefficient (Wildman–Crippen LogP) is 3.83. The maximum absolute atomic E-state index is 13.4. The average Bonchev–Trinajstić information content (AvgIpc) is 3.11. The maximum Gasteiger partial charge on any atom is 0.222 e. The van der Waals surface area contributed by atoms with Gasteiger partial charge in [-0.25, -0.2) is 4.98 Å². The Kier molecular flexibility index (Phi) is 5.63. The lowest BCUT2D eigenvalue weighted by Gasteiger charge is -2.26. The van der Waals surface area contributed by atoms with Gasteiger partial charge < -0.3 is 18.9 Å². The van der Waals surface area contributed by atoms with Crippen LogP contribution in [0.5, 0.6) is 17.4 Å². The molecule has 0 spiro atoms. The van der Waals surface area contributed by atoms with Crippen LogP contribution < -0.4 is 14.2 Å². The van der Waals surface area contributed by atoms with Gasteiger partial charge in [-0.1, -0.05) is 17.7 Å². The second-order valence-corrected chi connectivity index (χ2v) is 8.15. The van der Waals surface area contributed by atoms with Crippen LogP contribution in [0.4, 0.5) is 0 Å². The molecule has 2 heterocycles. The van der Waals surface area contributed by atoms with Crippen molar-refractivity contribution in [2.24, 2.45) is 0 Å². The Morgan fingerprint density at radius 1 is 1.03 bits per heavy atom. The van der Waals surface area contributed by atoms with Crippen molar-refractivity contribution in [2.45, 2.75) is 0 Å². The number of benzene rings is 2. The number of methoxy groups -OCH3 is 2. The minimum atomic E-state index is -0.102. The molecule has 166 valence electrons. The number of hydrogen-bond donors (Lipinski definition) is 0. The molecule has 8 heteroatoms. The first kappa shape index (κ1) is 21.0. The van der Waals surface area contributed by atoms with E-state index in [0.29, 0.717) is 56.6 Å². The molecule has 2 aliphatic rings. The largest absolute Gasteiger partial charge is 0.493 e. The summed E-state index contributed by atoms with van der Waals surface area (Å²) in [5.41, 5.74) is 3.18. The van der Waals surface area contributed by atoms with Crippen molar-refractivity contribution in [3.8, 4) is 28.5 Å². The van der Waals surface area contributed by atoms with Crippen molar-refractivity contribution >= 4 is 28.3 Å². The molecule has 0 unspecified atom stereocenters. The SMILES string of the molecule is COc1cc2nc(OCCN3CCOCC3)c3c(c2cc1OC)C(=O)c1cc(Cl)ccc1-3. The quantitative estimate of drug-likeness (QED) is 0.438. The number of aromatic nitrogens is 1. The monoisotopic (exact) mass is 454 g/mol. The molecule has 3 aromatic rings. The third kappa shape index (κ3) is 3.56. The number of rotatable bonds is 6. The fourth-order valence-corrected chi connectivity index (χ4v) is 4.48. The van der Waals surface area contributed by atoms with Crippen molar-refractivity contribution in [3.63, 3.8) is 0 Å². The molecule has 1 saturated heterocycles. The predicted molar refractivity (Wildman–Crippen MR) is 121 cm³/mol. The van der Waals surface area contributed by atoms with Gasteiger partial charge in [0.15, 0.2) is 17.3 Å². The molecule has 32 heavy (non-hydrogen) atoms. The number of pyridine rings is 1. The number of fused-ring (bicyclic) bond motifs is 5. The van der Waals surface area contributed by atoms with Crippen molar-refractivity contribution in [1.29, 1.82) is 0 Å². The highest BCUT2D eigenvalue weighted by Gasteiger charge is 2.34. The van der Waals surface area contributed by atoms with E-state index < -0.39 is 0 Å². The molecular formula is C24H23ClN2O5. The molecule has 1 fully saturated rings. The first-order valence-electron chi connectivity index (χ1n) is 10.5. The standard InChI is InChI=1S/C24H23ClN2O5/c1-29-19-12-17-18(13-20(19)30-2)26-24(32-10-7-27-5-8-31-9-6-27)22-15-4-3-14(25)11-16(15)23(28)21(17)22/h3-4,11-13H,5-10H2,1-2H3. The fourth-order valence-electron chi connectivity index (χ4n) is 4.31. The minimum absolute atomic E-state index is 0.102. The van der Waals surface area contributed by atoms with Crippen molar-refractivity contribution in [1.82, 2.24) is 9.88 Å². The number of carbonyl (C=O) groups excluding carboxylic acids is 1. The van der Waals surface area contributed by atoms with Crippen LogP contribution in [0.2, 0.25) is 5.02 Å². The number of morpholine rings is 1. The zero-order valence-electron chi connectivity index (χ0n) is 17.9. The lowest BCUT2D eigenvalue weighted by molar-refractivity contribution is 0.0320. The van der Waals surface area contributed by atoms with Gasteiger partial charge in [-0.05, 0) is 23.8 Å². The summed E-state index contributed by atoms with van der Waals surface area (Å²) in [7, 11) is 3.14. The molecule has 1 aromatic heterocycles. The Hall–Kier alpha value is -2.87. The van der Waals surface area contributed by atoms with Crippen molar-refractivity contribution in [2.75, 3.05) is 53.7 Å². The summed E-state index contributed by atoms with van der Waals surface area (Å²) in [6.45, 7) is 4.43. The highest BCUT2D eigenvalue weighted by molar-refractivity contribution is 6.33. The lowest BCUT2D eigenvalue weighted by atomic mass is 10.0. The van der Waals surface area contributed by atoms with Gasteiger partial charge in [0.1, 0.15) is 6.61 Å². The highest BCUT2D eigenvalue weighted by Crippen LogP contribution is 2.47.